The number of carbonyl (C=O) groups is 1. The predicted octanol–water partition coefficient (Wildman–Crippen LogP) is 4.86. The summed E-state index contributed by atoms with van der Waals surface area (Å²) in [7, 11) is 0. The molecule has 1 amide bonds. The van der Waals surface area contributed by atoms with E-state index in [-0.39, 0.29) is 11.9 Å². The summed E-state index contributed by atoms with van der Waals surface area (Å²) in [6.07, 6.45) is 1.98. The molecule has 0 unspecified atom stereocenters. The lowest BCUT2D eigenvalue weighted by atomic mass is 10.0. The van der Waals surface area contributed by atoms with Gasteiger partial charge in [-0.25, -0.2) is 0 Å². The van der Waals surface area contributed by atoms with Crippen LogP contribution >= 0.6 is 11.6 Å². The van der Waals surface area contributed by atoms with E-state index < -0.39 is 0 Å². The average molecular weight is 371 g/mol. The molecule has 0 aliphatic carbocycles. The second-order valence-corrected chi connectivity index (χ2v) is 7.86. The Labute approximate surface area is 161 Å². The van der Waals surface area contributed by atoms with Gasteiger partial charge in [-0.2, -0.15) is 0 Å². The maximum Gasteiger partial charge on any atom is 0.251 e. The first-order valence-electron chi connectivity index (χ1n) is 9.39. The Morgan fingerprint density at radius 2 is 1.69 bits per heavy atom. The van der Waals surface area contributed by atoms with Gasteiger partial charge < -0.3 is 5.32 Å². The molecule has 1 N–H and O–H groups in total. The topological polar surface area (TPSA) is 32.3 Å². The van der Waals surface area contributed by atoms with E-state index in [1.165, 1.54) is 11.1 Å². The molecular formula is C22H27ClN2O. The van der Waals surface area contributed by atoms with Gasteiger partial charge in [-0.3, -0.25) is 9.69 Å². The number of nitrogens with zero attached hydrogens (tertiary/aromatic N) is 1. The fourth-order valence-corrected chi connectivity index (χ4v) is 3.50. The maximum absolute atomic E-state index is 12.5. The van der Waals surface area contributed by atoms with E-state index in [0.717, 1.165) is 43.1 Å². The van der Waals surface area contributed by atoms with Gasteiger partial charge in [-0.05, 0) is 54.2 Å². The molecule has 1 aliphatic rings. The van der Waals surface area contributed by atoms with E-state index in [1.54, 1.807) is 0 Å². The van der Waals surface area contributed by atoms with Gasteiger partial charge in [0.05, 0.1) is 0 Å². The molecule has 2 aromatic carbocycles. The van der Waals surface area contributed by atoms with Crippen LogP contribution in [0.2, 0.25) is 5.02 Å². The number of hydrogen-bond acceptors (Lipinski definition) is 2. The Kier molecular flexibility index (Phi) is 6.33. The number of piperidine rings is 1. The summed E-state index contributed by atoms with van der Waals surface area (Å²) in [5.41, 5.74) is 3.29. The Bertz CT molecular complexity index is 717. The Hall–Kier alpha value is -1.84. The SMILES string of the molecule is CC(C)c1ccc(C(=O)NC2CCN(Cc3ccc(Cl)cc3)CC2)cc1. The third-order valence-electron chi connectivity index (χ3n) is 5.08. The van der Waals surface area contributed by atoms with Crippen LogP contribution in [0.5, 0.6) is 0 Å². The number of rotatable bonds is 5. The van der Waals surface area contributed by atoms with Gasteiger partial charge in [0.1, 0.15) is 0 Å². The van der Waals surface area contributed by atoms with Crippen LogP contribution in [0.1, 0.15) is 54.1 Å². The van der Waals surface area contributed by atoms with E-state index in [2.05, 4.69) is 36.2 Å². The first kappa shape index (κ1) is 18.9. The summed E-state index contributed by atoms with van der Waals surface area (Å²) in [5.74, 6) is 0.522. The number of carbonyl (C=O) groups excluding carboxylic acids is 1. The first-order valence-corrected chi connectivity index (χ1v) is 9.76. The fraction of sp³-hybridized carbons (Fsp3) is 0.409. The van der Waals surface area contributed by atoms with Crippen LogP contribution in [0, 0.1) is 0 Å². The largest absolute Gasteiger partial charge is 0.349 e. The van der Waals surface area contributed by atoms with Crippen LogP contribution in [-0.4, -0.2) is 29.9 Å². The molecular weight excluding hydrogens is 344 g/mol. The molecule has 0 spiro atoms. The van der Waals surface area contributed by atoms with Crippen LogP contribution in [0.15, 0.2) is 48.5 Å². The van der Waals surface area contributed by atoms with Crippen molar-refractivity contribution in [3.05, 3.63) is 70.2 Å². The zero-order valence-corrected chi connectivity index (χ0v) is 16.3. The summed E-state index contributed by atoms with van der Waals surface area (Å²) in [4.78, 5) is 14.9. The van der Waals surface area contributed by atoms with Gasteiger partial charge in [0.25, 0.3) is 5.91 Å². The van der Waals surface area contributed by atoms with Crippen molar-refractivity contribution >= 4 is 17.5 Å². The van der Waals surface area contributed by atoms with E-state index in [1.807, 2.05) is 36.4 Å². The Morgan fingerprint density at radius 3 is 2.27 bits per heavy atom. The molecule has 1 heterocycles. The van der Waals surface area contributed by atoms with Crippen molar-refractivity contribution < 1.29 is 4.79 Å². The molecule has 0 aromatic heterocycles. The molecule has 0 atom stereocenters. The maximum atomic E-state index is 12.5. The highest BCUT2D eigenvalue weighted by molar-refractivity contribution is 6.30. The Balaban J connectivity index is 1.47. The second kappa shape index (κ2) is 8.70. The van der Waals surface area contributed by atoms with Gasteiger partial charge in [0.2, 0.25) is 0 Å². The van der Waals surface area contributed by atoms with Crippen LogP contribution in [-0.2, 0) is 6.54 Å². The van der Waals surface area contributed by atoms with Crippen molar-refractivity contribution in [1.29, 1.82) is 0 Å². The van der Waals surface area contributed by atoms with Crippen LogP contribution < -0.4 is 5.32 Å². The second-order valence-electron chi connectivity index (χ2n) is 7.43. The van der Waals surface area contributed by atoms with Gasteiger partial charge in [-0.15, -0.1) is 0 Å². The molecule has 4 heteroatoms. The molecule has 1 aliphatic heterocycles. The van der Waals surface area contributed by atoms with Crippen molar-refractivity contribution in [2.24, 2.45) is 0 Å². The highest BCUT2D eigenvalue weighted by Gasteiger charge is 2.21. The summed E-state index contributed by atoms with van der Waals surface area (Å²) in [5, 5.41) is 3.97. The van der Waals surface area contributed by atoms with Crippen molar-refractivity contribution in [2.45, 2.75) is 45.2 Å². The van der Waals surface area contributed by atoms with Gasteiger partial charge in [-0.1, -0.05) is 49.7 Å². The van der Waals surface area contributed by atoms with E-state index >= 15 is 0 Å². The third-order valence-corrected chi connectivity index (χ3v) is 5.33. The first-order chi connectivity index (χ1) is 12.5. The number of nitrogens with one attached hydrogen (secondary N) is 1. The molecule has 3 rings (SSSR count). The highest BCUT2D eigenvalue weighted by Crippen LogP contribution is 2.17. The van der Waals surface area contributed by atoms with Crippen molar-refractivity contribution in [3.8, 4) is 0 Å². The summed E-state index contributed by atoms with van der Waals surface area (Å²) in [6.45, 7) is 7.26. The standard InChI is InChI=1S/C22H27ClN2O/c1-16(2)18-5-7-19(8-6-18)22(26)24-21-11-13-25(14-12-21)15-17-3-9-20(23)10-4-17/h3-10,16,21H,11-15H2,1-2H3,(H,24,26). The minimum Gasteiger partial charge on any atom is -0.349 e. The molecule has 0 bridgehead atoms. The molecule has 0 saturated carbocycles. The molecule has 138 valence electrons. The summed E-state index contributed by atoms with van der Waals surface area (Å²) in [6, 6.07) is 16.3. The molecule has 26 heavy (non-hydrogen) atoms. The van der Waals surface area contributed by atoms with Crippen molar-refractivity contribution in [2.75, 3.05) is 13.1 Å². The van der Waals surface area contributed by atoms with Crippen LogP contribution in [0.25, 0.3) is 0 Å². The van der Waals surface area contributed by atoms with Crippen LogP contribution in [0.4, 0.5) is 0 Å². The monoisotopic (exact) mass is 370 g/mol. The van der Waals surface area contributed by atoms with Crippen LogP contribution in [0.3, 0.4) is 0 Å². The molecule has 1 fully saturated rings. The number of halogens is 1. The molecule has 1 saturated heterocycles. The van der Waals surface area contributed by atoms with E-state index in [0.29, 0.717) is 5.92 Å². The van der Waals surface area contributed by atoms with Crippen molar-refractivity contribution in [1.82, 2.24) is 10.2 Å². The quantitative estimate of drug-likeness (QED) is 0.815. The highest BCUT2D eigenvalue weighted by atomic mass is 35.5. The van der Waals surface area contributed by atoms with Gasteiger partial charge in [0.15, 0.2) is 0 Å². The molecule has 2 aromatic rings. The predicted molar refractivity (Wildman–Crippen MR) is 108 cm³/mol. The van der Waals surface area contributed by atoms with Gasteiger partial charge in [0, 0.05) is 36.3 Å². The number of hydrogen-bond donors (Lipinski definition) is 1. The smallest absolute Gasteiger partial charge is 0.251 e. The van der Waals surface area contributed by atoms with E-state index in [4.69, 9.17) is 11.6 Å². The molecule has 0 radical (unpaired) electrons. The summed E-state index contributed by atoms with van der Waals surface area (Å²) < 4.78 is 0. The Morgan fingerprint density at radius 1 is 1.08 bits per heavy atom. The van der Waals surface area contributed by atoms with Crippen molar-refractivity contribution in [3.63, 3.8) is 0 Å². The number of amides is 1. The number of likely N-dealkylation sites (tertiary alicyclic amines) is 1. The minimum atomic E-state index is 0.0384. The lowest BCUT2D eigenvalue weighted by molar-refractivity contribution is 0.0909. The van der Waals surface area contributed by atoms with E-state index in [9.17, 15) is 4.79 Å². The zero-order chi connectivity index (χ0) is 18.5. The van der Waals surface area contributed by atoms with Gasteiger partial charge >= 0.3 is 0 Å². The summed E-state index contributed by atoms with van der Waals surface area (Å²) >= 11 is 5.94. The number of benzene rings is 2. The lowest BCUT2D eigenvalue weighted by Gasteiger charge is -2.32. The normalized spacial score (nSPS) is 16.0. The zero-order valence-electron chi connectivity index (χ0n) is 15.5. The molecule has 3 nitrogen and oxygen atoms in total. The minimum absolute atomic E-state index is 0.0384. The lowest BCUT2D eigenvalue weighted by Crippen LogP contribution is -2.44. The fourth-order valence-electron chi connectivity index (χ4n) is 3.37. The average Bonchev–Trinajstić information content (AvgIpc) is 2.65. The third kappa shape index (κ3) is 5.09.